The summed E-state index contributed by atoms with van der Waals surface area (Å²) in [5.41, 5.74) is 19.0. The van der Waals surface area contributed by atoms with Crippen LogP contribution in [0.4, 0.5) is 17.1 Å². The fourth-order valence-electron chi connectivity index (χ4n) is 11.0. The summed E-state index contributed by atoms with van der Waals surface area (Å²) in [4.78, 5) is 2.45. The van der Waals surface area contributed by atoms with Crippen LogP contribution in [-0.2, 0) is 5.41 Å². The summed E-state index contributed by atoms with van der Waals surface area (Å²) < 4.78 is 6.56. The highest BCUT2D eigenvalue weighted by Crippen LogP contribution is 2.59. The summed E-state index contributed by atoms with van der Waals surface area (Å²) in [5, 5.41) is 4.72. The minimum atomic E-state index is -0.518. The normalized spacial score (nSPS) is 12.6. The van der Waals surface area contributed by atoms with Crippen molar-refractivity contribution in [1.29, 1.82) is 0 Å². The van der Waals surface area contributed by atoms with Crippen LogP contribution < -0.4 is 4.90 Å². The molecule has 13 rings (SSSR count). The minimum absolute atomic E-state index is 0.518. The summed E-state index contributed by atoms with van der Waals surface area (Å²) >= 11 is 0. The van der Waals surface area contributed by atoms with Crippen molar-refractivity contribution in [2.45, 2.75) is 5.41 Å². The van der Waals surface area contributed by atoms with E-state index in [0.29, 0.717) is 0 Å². The maximum atomic E-state index is 6.56. The summed E-state index contributed by atoms with van der Waals surface area (Å²) in [6.45, 7) is 0. The van der Waals surface area contributed by atoms with E-state index in [1.165, 1.54) is 55.3 Å². The van der Waals surface area contributed by atoms with E-state index in [2.05, 4.69) is 266 Å². The molecule has 12 aromatic rings. The third-order valence-corrected chi connectivity index (χ3v) is 14.0. The third-order valence-electron chi connectivity index (χ3n) is 14.0. The first-order valence-electron chi connectivity index (χ1n) is 23.1. The number of fused-ring (bicyclic) bond motifs is 7. The fourth-order valence-corrected chi connectivity index (χ4v) is 11.0. The largest absolute Gasteiger partial charge is 0.455 e. The molecule has 0 saturated heterocycles. The first-order chi connectivity index (χ1) is 33.2. The Morgan fingerprint density at radius 3 is 1.60 bits per heavy atom. The molecule has 2 heteroatoms. The van der Waals surface area contributed by atoms with Crippen LogP contribution in [0.2, 0.25) is 0 Å². The SMILES string of the molecule is c1ccc(-c2cccc3c2oc2ccc(-c4ccc(N(c5ccc(-c6cccc7ccccc67)cc5)c5cccc6c5-c5ccccc5C6(c5ccccc5)c5ccccc5)cc4)cc23)cc1. The molecule has 1 aliphatic carbocycles. The number of furan rings is 1. The average molecular weight is 854 g/mol. The molecule has 1 aromatic heterocycles. The molecule has 0 atom stereocenters. The second-order valence-electron chi connectivity index (χ2n) is 17.5. The second-order valence-corrected chi connectivity index (χ2v) is 17.5. The van der Waals surface area contributed by atoms with Crippen LogP contribution in [0.25, 0.3) is 77.2 Å². The predicted molar refractivity (Wildman–Crippen MR) is 280 cm³/mol. The van der Waals surface area contributed by atoms with Gasteiger partial charge in [-0.25, -0.2) is 0 Å². The quantitative estimate of drug-likeness (QED) is 0.151. The number of para-hydroxylation sites is 1. The van der Waals surface area contributed by atoms with Gasteiger partial charge in [-0.15, -0.1) is 0 Å². The van der Waals surface area contributed by atoms with Crippen LogP contribution in [0, 0.1) is 0 Å². The summed E-state index contributed by atoms with van der Waals surface area (Å²) in [5.74, 6) is 0. The van der Waals surface area contributed by atoms with Crippen LogP contribution >= 0.6 is 0 Å². The number of hydrogen-bond donors (Lipinski definition) is 0. The van der Waals surface area contributed by atoms with E-state index in [0.717, 1.165) is 61.3 Å². The van der Waals surface area contributed by atoms with Crippen molar-refractivity contribution in [3.8, 4) is 44.5 Å². The lowest BCUT2D eigenvalue weighted by molar-refractivity contribution is 0.670. The average Bonchev–Trinajstić information content (AvgIpc) is 3.94. The van der Waals surface area contributed by atoms with Gasteiger partial charge in [0.1, 0.15) is 11.2 Å². The van der Waals surface area contributed by atoms with Crippen molar-refractivity contribution in [3.05, 3.63) is 283 Å². The minimum Gasteiger partial charge on any atom is -0.455 e. The van der Waals surface area contributed by atoms with E-state index in [-0.39, 0.29) is 0 Å². The van der Waals surface area contributed by atoms with Gasteiger partial charge in [0.2, 0.25) is 0 Å². The fraction of sp³-hybridized carbons (Fsp3) is 0.0154. The molecular formula is C65H43NO. The molecule has 314 valence electrons. The van der Waals surface area contributed by atoms with E-state index in [4.69, 9.17) is 4.42 Å². The lowest BCUT2D eigenvalue weighted by Crippen LogP contribution is -2.28. The number of hydrogen-bond acceptors (Lipinski definition) is 2. The van der Waals surface area contributed by atoms with Crippen molar-refractivity contribution >= 4 is 49.8 Å². The number of benzene rings is 11. The Labute approximate surface area is 390 Å². The van der Waals surface area contributed by atoms with Gasteiger partial charge >= 0.3 is 0 Å². The molecule has 67 heavy (non-hydrogen) atoms. The van der Waals surface area contributed by atoms with Crippen molar-refractivity contribution in [2.24, 2.45) is 0 Å². The van der Waals surface area contributed by atoms with Gasteiger partial charge in [-0.05, 0) is 109 Å². The smallest absolute Gasteiger partial charge is 0.143 e. The van der Waals surface area contributed by atoms with E-state index < -0.39 is 5.41 Å². The predicted octanol–water partition coefficient (Wildman–Crippen LogP) is 17.6. The molecule has 11 aromatic carbocycles. The Balaban J connectivity index is 0.981. The zero-order valence-corrected chi connectivity index (χ0v) is 36.7. The maximum absolute atomic E-state index is 6.56. The molecule has 2 nitrogen and oxygen atoms in total. The van der Waals surface area contributed by atoms with Crippen LogP contribution in [0.15, 0.2) is 265 Å². The molecule has 0 radical (unpaired) electrons. The number of rotatable bonds is 8. The number of nitrogens with zero attached hydrogens (tertiary/aromatic N) is 1. The monoisotopic (exact) mass is 853 g/mol. The van der Waals surface area contributed by atoms with Crippen molar-refractivity contribution in [2.75, 3.05) is 4.90 Å². The topological polar surface area (TPSA) is 16.4 Å². The molecule has 0 saturated carbocycles. The van der Waals surface area contributed by atoms with Gasteiger partial charge in [0.15, 0.2) is 0 Å². The van der Waals surface area contributed by atoms with Crippen molar-refractivity contribution in [3.63, 3.8) is 0 Å². The van der Waals surface area contributed by atoms with Gasteiger partial charge in [-0.3, -0.25) is 0 Å². The molecule has 0 unspecified atom stereocenters. The third kappa shape index (κ3) is 6.18. The highest BCUT2D eigenvalue weighted by molar-refractivity contribution is 6.10. The lowest BCUT2D eigenvalue weighted by Gasteiger charge is -2.34. The first-order valence-corrected chi connectivity index (χ1v) is 23.1. The Morgan fingerprint density at radius 2 is 0.851 bits per heavy atom. The molecule has 1 heterocycles. The molecule has 0 aliphatic heterocycles. The van der Waals surface area contributed by atoms with Crippen LogP contribution in [0.3, 0.4) is 0 Å². The Kier molecular flexibility index (Phi) is 9.11. The Bertz CT molecular complexity index is 3730. The molecule has 0 fully saturated rings. The molecule has 0 amide bonds. The van der Waals surface area contributed by atoms with Gasteiger partial charge in [0, 0.05) is 33.3 Å². The van der Waals surface area contributed by atoms with Crippen molar-refractivity contribution in [1.82, 2.24) is 0 Å². The summed E-state index contributed by atoms with van der Waals surface area (Å²) in [6.07, 6.45) is 0. The second kappa shape index (κ2) is 15.8. The van der Waals surface area contributed by atoms with Gasteiger partial charge in [-0.1, -0.05) is 218 Å². The van der Waals surface area contributed by atoms with Crippen LogP contribution in [0.5, 0.6) is 0 Å². The standard InChI is InChI=1S/C65H43NO/c1-4-17-46(18-5-1)55-28-15-29-56-58-43-48(37-42-62(58)67-64(55)56)44-33-38-51(39-34-44)66(52-40-35-47(36-41-52)54-27-14-20-45-19-10-11-25-53(45)54)61-32-16-31-60-63(61)57-26-12-13-30-59(57)65(60,49-21-6-2-7-22-49)50-23-8-3-9-24-50/h1-43H. The highest BCUT2D eigenvalue weighted by atomic mass is 16.3. The first kappa shape index (κ1) is 38.7. The van der Waals surface area contributed by atoms with Gasteiger partial charge < -0.3 is 9.32 Å². The van der Waals surface area contributed by atoms with Crippen molar-refractivity contribution < 1.29 is 4.42 Å². The zero-order valence-electron chi connectivity index (χ0n) is 36.7. The van der Waals surface area contributed by atoms with E-state index in [1.54, 1.807) is 0 Å². The maximum Gasteiger partial charge on any atom is 0.143 e. The summed E-state index contributed by atoms with van der Waals surface area (Å²) in [7, 11) is 0. The Morgan fingerprint density at radius 1 is 0.328 bits per heavy atom. The van der Waals surface area contributed by atoms with E-state index >= 15 is 0 Å². The van der Waals surface area contributed by atoms with Crippen LogP contribution in [0.1, 0.15) is 22.3 Å². The van der Waals surface area contributed by atoms with E-state index in [1.807, 2.05) is 0 Å². The lowest BCUT2D eigenvalue weighted by atomic mass is 9.68. The Hall–Kier alpha value is -8.72. The highest BCUT2D eigenvalue weighted by Gasteiger charge is 2.47. The van der Waals surface area contributed by atoms with Crippen LogP contribution in [-0.4, -0.2) is 0 Å². The molecule has 1 aliphatic rings. The van der Waals surface area contributed by atoms with Gasteiger partial charge in [0.05, 0.1) is 11.1 Å². The number of anilines is 3. The van der Waals surface area contributed by atoms with E-state index in [9.17, 15) is 0 Å². The summed E-state index contributed by atoms with van der Waals surface area (Å²) in [6, 6.07) is 95.0. The van der Waals surface area contributed by atoms with Gasteiger partial charge in [0.25, 0.3) is 0 Å². The molecule has 0 bridgehead atoms. The molecule has 0 N–H and O–H groups in total. The zero-order chi connectivity index (χ0) is 44.3. The molecular weight excluding hydrogens is 811 g/mol. The molecule has 0 spiro atoms. The van der Waals surface area contributed by atoms with Gasteiger partial charge in [-0.2, -0.15) is 0 Å².